The van der Waals surface area contributed by atoms with Crippen LogP contribution in [0.5, 0.6) is 0 Å². The van der Waals surface area contributed by atoms with Gasteiger partial charge < -0.3 is 4.74 Å². The first-order valence-corrected chi connectivity index (χ1v) is 6.31. The SMILES string of the molecule is CCC(=O)C1CCN(COC(C)(C)C)CC1. The van der Waals surface area contributed by atoms with Crippen molar-refractivity contribution < 1.29 is 9.53 Å². The average molecular weight is 227 g/mol. The van der Waals surface area contributed by atoms with Gasteiger partial charge in [0.25, 0.3) is 0 Å². The zero-order valence-corrected chi connectivity index (χ0v) is 11.1. The summed E-state index contributed by atoms with van der Waals surface area (Å²) in [5, 5.41) is 0. The molecule has 94 valence electrons. The molecule has 1 fully saturated rings. The molecular formula is C13H25NO2. The van der Waals surface area contributed by atoms with Crippen molar-refractivity contribution >= 4 is 5.78 Å². The van der Waals surface area contributed by atoms with Crippen LogP contribution in [0.25, 0.3) is 0 Å². The Kier molecular flexibility index (Phi) is 4.93. The largest absolute Gasteiger partial charge is 0.360 e. The summed E-state index contributed by atoms with van der Waals surface area (Å²) in [5.41, 5.74) is -0.0733. The minimum absolute atomic E-state index is 0.0733. The van der Waals surface area contributed by atoms with Gasteiger partial charge in [0.1, 0.15) is 5.78 Å². The van der Waals surface area contributed by atoms with E-state index >= 15 is 0 Å². The van der Waals surface area contributed by atoms with Crippen molar-refractivity contribution in [3.63, 3.8) is 0 Å². The molecule has 0 atom stereocenters. The smallest absolute Gasteiger partial charge is 0.135 e. The first-order valence-electron chi connectivity index (χ1n) is 6.31. The normalized spacial score (nSPS) is 20.0. The molecule has 3 heteroatoms. The molecule has 0 spiro atoms. The Morgan fingerprint density at radius 3 is 2.31 bits per heavy atom. The topological polar surface area (TPSA) is 29.5 Å². The van der Waals surface area contributed by atoms with Crippen LogP contribution in [-0.2, 0) is 9.53 Å². The van der Waals surface area contributed by atoms with Crippen LogP contribution in [-0.4, -0.2) is 36.1 Å². The number of carbonyl (C=O) groups is 1. The van der Waals surface area contributed by atoms with Gasteiger partial charge in [0.15, 0.2) is 0 Å². The Morgan fingerprint density at radius 1 is 1.31 bits per heavy atom. The lowest BCUT2D eigenvalue weighted by Crippen LogP contribution is -2.39. The van der Waals surface area contributed by atoms with E-state index in [9.17, 15) is 4.79 Å². The molecule has 1 aliphatic heterocycles. The van der Waals surface area contributed by atoms with Crippen LogP contribution in [0.15, 0.2) is 0 Å². The number of ketones is 1. The molecule has 1 aliphatic rings. The molecule has 0 aliphatic carbocycles. The highest BCUT2D eigenvalue weighted by atomic mass is 16.5. The predicted octanol–water partition coefficient (Wildman–Crippen LogP) is 2.45. The summed E-state index contributed by atoms with van der Waals surface area (Å²) >= 11 is 0. The van der Waals surface area contributed by atoms with Gasteiger partial charge in [-0.2, -0.15) is 0 Å². The van der Waals surface area contributed by atoms with Crippen molar-refractivity contribution in [1.82, 2.24) is 4.90 Å². The third-order valence-corrected chi connectivity index (χ3v) is 3.07. The number of ether oxygens (including phenoxy) is 1. The second-order valence-electron chi connectivity index (χ2n) is 5.60. The van der Waals surface area contributed by atoms with Crippen LogP contribution in [0.2, 0.25) is 0 Å². The lowest BCUT2D eigenvalue weighted by Gasteiger charge is -2.33. The van der Waals surface area contributed by atoms with Gasteiger partial charge in [0, 0.05) is 25.4 Å². The van der Waals surface area contributed by atoms with Gasteiger partial charge in [0.05, 0.1) is 12.3 Å². The Hall–Kier alpha value is -0.410. The molecule has 1 rings (SSSR count). The average Bonchev–Trinajstić information content (AvgIpc) is 2.25. The third-order valence-electron chi connectivity index (χ3n) is 3.07. The van der Waals surface area contributed by atoms with E-state index in [2.05, 4.69) is 25.7 Å². The number of piperidine rings is 1. The van der Waals surface area contributed by atoms with Gasteiger partial charge in [-0.1, -0.05) is 6.92 Å². The summed E-state index contributed by atoms with van der Waals surface area (Å²) in [5.74, 6) is 0.729. The standard InChI is InChI=1S/C13H25NO2/c1-5-12(15)11-6-8-14(9-7-11)10-16-13(2,3)4/h11H,5-10H2,1-4H3. The summed E-state index contributed by atoms with van der Waals surface area (Å²) in [4.78, 5) is 13.8. The molecule has 1 heterocycles. The third kappa shape index (κ3) is 4.62. The van der Waals surface area contributed by atoms with Crippen molar-refractivity contribution in [1.29, 1.82) is 0 Å². The highest BCUT2D eigenvalue weighted by Crippen LogP contribution is 2.20. The fourth-order valence-corrected chi connectivity index (χ4v) is 1.96. The maximum Gasteiger partial charge on any atom is 0.135 e. The van der Waals surface area contributed by atoms with E-state index in [0.29, 0.717) is 24.9 Å². The molecule has 3 nitrogen and oxygen atoms in total. The van der Waals surface area contributed by atoms with E-state index in [4.69, 9.17) is 4.74 Å². The van der Waals surface area contributed by atoms with Crippen LogP contribution in [0.3, 0.4) is 0 Å². The Balaban J connectivity index is 2.24. The number of hydrogen-bond acceptors (Lipinski definition) is 3. The minimum Gasteiger partial charge on any atom is -0.360 e. The fourth-order valence-electron chi connectivity index (χ4n) is 1.96. The molecule has 0 N–H and O–H groups in total. The van der Waals surface area contributed by atoms with E-state index in [1.807, 2.05) is 6.92 Å². The first-order chi connectivity index (χ1) is 7.42. The van der Waals surface area contributed by atoms with Gasteiger partial charge in [-0.05, 0) is 33.6 Å². The first kappa shape index (κ1) is 13.7. The van der Waals surface area contributed by atoms with Crippen molar-refractivity contribution in [2.24, 2.45) is 5.92 Å². The molecule has 0 unspecified atom stereocenters. The highest BCUT2D eigenvalue weighted by molar-refractivity contribution is 5.80. The van der Waals surface area contributed by atoms with Gasteiger partial charge in [-0.15, -0.1) is 0 Å². The molecule has 0 radical (unpaired) electrons. The van der Waals surface area contributed by atoms with E-state index in [1.54, 1.807) is 0 Å². The molecule has 0 aromatic rings. The van der Waals surface area contributed by atoms with Gasteiger partial charge in [0.2, 0.25) is 0 Å². The van der Waals surface area contributed by atoms with E-state index in [0.717, 1.165) is 25.9 Å². The van der Waals surface area contributed by atoms with Crippen LogP contribution in [0.4, 0.5) is 0 Å². The van der Waals surface area contributed by atoms with Crippen LogP contribution < -0.4 is 0 Å². The summed E-state index contributed by atoms with van der Waals surface area (Å²) < 4.78 is 5.73. The molecule has 16 heavy (non-hydrogen) atoms. The Labute approximate surface area is 99.1 Å². The molecule has 1 saturated heterocycles. The lowest BCUT2D eigenvalue weighted by molar-refractivity contribution is -0.125. The number of likely N-dealkylation sites (tertiary alicyclic amines) is 1. The number of Topliss-reactive ketones (excluding diaryl/α,β-unsaturated/α-hetero) is 1. The fraction of sp³-hybridized carbons (Fsp3) is 0.923. The number of rotatable bonds is 4. The maximum atomic E-state index is 11.5. The summed E-state index contributed by atoms with van der Waals surface area (Å²) in [7, 11) is 0. The molecule has 0 bridgehead atoms. The van der Waals surface area contributed by atoms with Crippen LogP contribution >= 0.6 is 0 Å². The summed E-state index contributed by atoms with van der Waals surface area (Å²) in [6.07, 6.45) is 2.68. The zero-order chi connectivity index (χ0) is 12.2. The Bertz CT molecular complexity index is 225. The number of carbonyl (C=O) groups excluding carboxylic acids is 1. The maximum absolute atomic E-state index is 11.5. The minimum atomic E-state index is -0.0733. The molecule has 0 saturated carbocycles. The van der Waals surface area contributed by atoms with Crippen molar-refractivity contribution in [2.75, 3.05) is 19.8 Å². The lowest BCUT2D eigenvalue weighted by atomic mass is 9.91. The predicted molar refractivity (Wildman–Crippen MR) is 65.3 cm³/mol. The molecular weight excluding hydrogens is 202 g/mol. The van der Waals surface area contributed by atoms with E-state index in [1.165, 1.54) is 0 Å². The van der Waals surface area contributed by atoms with Gasteiger partial charge in [-0.3, -0.25) is 9.69 Å². The molecule has 0 amide bonds. The van der Waals surface area contributed by atoms with Gasteiger partial charge in [-0.25, -0.2) is 0 Å². The Morgan fingerprint density at radius 2 is 1.88 bits per heavy atom. The van der Waals surface area contributed by atoms with Gasteiger partial charge >= 0.3 is 0 Å². The van der Waals surface area contributed by atoms with E-state index < -0.39 is 0 Å². The molecule has 0 aromatic carbocycles. The summed E-state index contributed by atoms with van der Waals surface area (Å²) in [6, 6.07) is 0. The van der Waals surface area contributed by atoms with Crippen LogP contribution in [0, 0.1) is 5.92 Å². The monoisotopic (exact) mass is 227 g/mol. The van der Waals surface area contributed by atoms with Crippen molar-refractivity contribution in [2.45, 2.75) is 52.6 Å². The van der Waals surface area contributed by atoms with Crippen LogP contribution in [0.1, 0.15) is 47.0 Å². The highest BCUT2D eigenvalue weighted by Gasteiger charge is 2.24. The van der Waals surface area contributed by atoms with E-state index in [-0.39, 0.29) is 5.60 Å². The number of hydrogen-bond donors (Lipinski definition) is 0. The molecule has 0 aromatic heterocycles. The van der Waals surface area contributed by atoms with Crippen molar-refractivity contribution in [3.8, 4) is 0 Å². The van der Waals surface area contributed by atoms with Crippen molar-refractivity contribution in [3.05, 3.63) is 0 Å². The zero-order valence-electron chi connectivity index (χ0n) is 11.1. The second kappa shape index (κ2) is 5.78. The summed E-state index contributed by atoms with van der Waals surface area (Å²) in [6.45, 7) is 10.8. The second-order valence-corrected chi connectivity index (χ2v) is 5.60. The quantitative estimate of drug-likeness (QED) is 0.739. The number of nitrogens with zero attached hydrogens (tertiary/aromatic N) is 1.